The van der Waals surface area contributed by atoms with Gasteiger partial charge in [0.2, 0.25) is 0 Å². The van der Waals surface area contributed by atoms with E-state index < -0.39 is 22.8 Å². The van der Waals surface area contributed by atoms with Crippen LogP contribution < -0.4 is 4.74 Å². The van der Waals surface area contributed by atoms with Gasteiger partial charge in [0.25, 0.3) is 11.6 Å². The van der Waals surface area contributed by atoms with Gasteiger partial charge in [-0.25, -0.2) is 4.79 Å². The number of ether oxygens (including phenoxy) is 2. The second-order valence-electron chi connectivity index (χ2n) is 6.19. The summed E-state index contributed by atoms with van der Waals surface area (Å²) >= 11 is 5.98. The lowest BCUT2D eigenvalue weighted by Crippen LogP contribution is -2.50. The molecule has 0 radical (unpaired) electrons. The van der Waals surface area contributed by atoms with Crippen LogP contribution in [0.2, 0.25) is 5.02 Å². The molecule has 8 nitrogen and oxygen atoms in total. The highest BCUT2D eigenvalue weighted by molar-refractivity contribution is 6.32. The van der Waals surface area contributed by atoms with E-state index in [1.165, 1.54) is 24.1 Å². The van der Waals surface area contributed by atoms with Crippen molar-refractivity contribution in [2.75, 3.05) is 13.7 Å². The van der Waals surface area contributed by atoms with Crippen LogP contribution in [0.15, 0.2) is 42.5 Å². The number of hydrogen-bond donors (Lipinski definition) is 0. The number of nitrogens with zero attached hydrogens (tertiary/aromatic N) is 2. The maximum atomic E-state index is 12.7. The maximum absolute atomic E-state index is 12.7. The monoisotopic (exact) mass is 404 g/mol. The number of fused-ring (bicyclic) bond motifs is 1. The highest BCUT2D eigenvalue weighted by atomic mass is 35.5. The summed E-state index contributed by atoms with van der Waals surface area (Å²) in [6.45, 7) is -0.112. The van der Waals surface area contributed by atoms with Gasteiger partial charge < -0.3 is 14.4 Å². The molecule has 1 aliphatic rings. The Morgan fingerprint density at radius 1 is 1.25 bits per heavy atom. The largest absolute Gasteiger partial charge is 0.482 e. The average molecular weight is 405 g/mol. The first-order valence-corrected chi connectivity index (χ1v) is 8.79. The molecular weight excluding hydrogens is 388 g/mol. The van der Waals surface area contributed by atoms with E-state index in [0.717, 1.165) is 17.2 Å². The Labute approximate surface area is 165 Å². The van der Waals surface area contributed by atoms with Gasteiger partial charge in [0.1, 0.15) is 11.8 Å². The van der Waals surface area contributed by atoms with E-state index in [-0.39, 0.29) is 29.6 Å². The van der Waals surface area contributed by atoms with Gasteiger partial charge in [-0.1, -0.05) is 35.9 Å². The summed E-state index contributed by atoms with van der Waals surface area (Å²) < 4.78 is 10.3. The number of methoxy groups -OCH3 is 1. The van der Waals surface area contributed by atoms with Crippen molar-refractivity contribution < 1.29 is 24.0 Å². The van der Waals surface area contributed by atoms with E-state index in [2.05, 4.69) is 0 Å². The Bertz CT molecular complexity index is 932. The lowest BCUT2D eigenvalue weighted by Gasteiger charge is -2.35. The van der Waals surface area contributed by atoms with Crippen molar-refractivity contribution >= 4 is 29.2 Å². The fourth-order valence-electron chi connectivity index (χ4n) is 3.07. The Hall–Kier alpha value is -3.13. The number of hydrogen-bond acceptors (Lipinski definition) is 6. The lowest BCUT2D eigenvalue weighted by atomic mass is 9.94. The van der Waals surface area contributed by atoms with Crippen molar-refractivity contribution in [1.29, 1.82) is 0 Å². The molecular formula is C19H17ClN2O6. The maximum Gasteiger partial charge on any atom is 0.328 e. The Morgan fingerprint density at radius 2 is 1.96 bits per heavy atom. The first-order chi connectivity index (χ1) is 13.4. The summed E-state index contributed by atoms with van der Waals surface area (Å²) in [6.07, 6.45) is 0.354. The third-order valence-corrected chi connectivity index (χ3v) is 4.81. The molecule has 2 aromatic rings. The molecule has 0 saturated carbocycles. The molecule has 0 N–H and O–H groups in total. The fraction of sp³-hybridized carbons (Fsp3) is 0.263. The predicted molar refractivity (Wildman–Crippen MR) is 100 cm³/mol. The molecule has 28 heavy (non-hydrogen) atoms. The summed E-state index contributed by atoms with van der Waals surface area (Å²) in [5.74, 6) is -0.775. The number of esters is 1. The van der Waals surface area contributed by atoms with Gasteiger partial charge in [0, 0.05) is 25.1 Å². The Morgan fingerprint density at radius 3 is 2.61 bits per heavy atom. The van der Waals surface area contributed by atoms with Crippen LogP contribution in [0.5, 0.6) is 5.75 Å². The van der Waals surface area contributed by atoms with Crippen LogP contribution in [0.3, 0.4) is 0 Å². The lowest BCUT2D eigenvalue weighted by molar-refractivity contribution is -0.384. The molecule has 0 fully saturated rings. The second-order valence-corrected chi connectivity index (χ2v) is 6.60. The van der Waals surface area contributed by atoms with Crippen molar-refractivity contribution in [3.63, 3.8) is 0 Å². The van der Waals surface area contributed by atoms with Crippen molar-refractivity contribution in [3.8, 4) is 5.75 Å². The molecule has 0 saturated heterocycles. The van der Waals surface area contributed by atoms with Crippen molar-refractivity contribution in [2.45, 2.75) is 19.0 Å². The third-order valence-electron chi connectivity index (χ3n) is 4.52. The van der Waals surface area contributed by atoms with E-state index in [1.807, 2.05) is 24.3 Å². The van der Waals surface area contributed by atoms with Crippen molar-refractivity contribution in [1.82, 2.24) is 4.90 Å². The quantitative estimate of drug-likeness (QED) is 0.431. The number of rotatable bonds is 5. The minimum absolute atomic E-state index is 0.0236. The molecule has 1 amide bonds. The molecule has 1 atom stereocenters. The smallest absolute Gasteiger partial charge is 0.328 e. The van der Waals surface area contributed by atoms with Crippen LogP contribution in [-0.2, 0) is 27.3 Å². The zero-order chi connectivity index (χ0) is 20.3. The molecule has 9 heteroatoms. The number of amides is 1. The number of non-ortho nitro benzene ring substituents is 1. The highest BCUT2D eigenvalue weighted by Gasteiger charge is 2.35. The van der Waals surface area contributed by atoms with E-state index in [0.29, 0.717) is 6.42 Å². The van der Waals surface area contributed by atoms with Crippen LogP contribution in [0.25, 0.3) is 0 Å². The highest BCUT2D eigenvalue weighted by Crippen LogP contribution is 2.29. The minimum atomic E-state index is -0.747. The van der Waals surface area contributed by atoms with E-state index in [4.69, 9.17) is 21.1 Å². The summed E-state index contributed by atoms with van der Waals surface area (Å²) in [7, 11) is 1.28. The summed E-state index contributed by atoms with van der Waals surface area (Å²) in [4.78, 5) is 36.5. The Kier molecular flexibility index (Phi) is 5.79. The zero-order valence-electron chi connectivity index (χ0n) is 15.0. The number of carbonyl (C=O) groups excluding carboxylic acids is 2. The van der Waals surface area contributed by atoms with Gasteiger partial charge in [0.05, 0.1) is 17.1 Å². The van der Waals surface area contributed by atoms with Gasteiger partial charge in [-0.15, -0.1) is 0 Å². The number of nitro benzene ring substituents is 1. The predicted octanol–water partition coefficient (Wildman–Crippen LogP) is 2.75. The van der Waals surface area contributed by atoms with Crippen LogP contribution in [0.4, 0.5) is 5.69 Å². The molecule has 0 aliphatic carbocycles. The number of nitro groups is 1. The first kappa shape index (κ1) is 19.6. The summed E-state index contributed by atoms with van der Waals surface area (Å²) in [5.41, 5.74) is 1.76. The molecule has 0 spiro atoms. The molecule has 1 heterocycles. The van der Waals surface area contributed by atoms with Crippen molar-refractivity contribution in [2.24, 2.45) is 0 Å². The molecule has 2 aromatic carbocycles. The third kappa shape index (κ3) is 4.07. The zero-order valence-corrected chi connectivity index (χ0v) is 15.7. The minimum Gasteiger partial charge on any atom is -0.482 e. The molecule has 0 bridgehead atoms. The van der Waals surface area contributed by atoms with Gasteiger partial charge in [-0.3, -0.25) is 14.9 Å². The average Bonchev–Trinajstić information content (AvgIpc) is 2.70. The molecule has 1 aliphatic heterocycles. The molecule has 0 unspecified atom stereocenters. The SMILES string of the molecule is COC(=O)[C@H]1Cc2ccccc2CN1C(=O)COc1ccc([N+](=O)[O-])cc1Cl. The summed E-state index contributed by atoms with van der Waals surface area (Å²) in [5, 5.41) is 10.8. The normalized spacial score (nSPS) is 15.5. The van der Waals surface area contributed by atoms with Gasteiger partial charge >= 0.3 is 5.97 Å². The van der Waals surface area contributed by atoms with E-state index in [1.54, 1.807) is 0 Å². The van der Waals surface area contributed by atoms with Crippen LogP contribution in [0.1, 0.15) is 11.1 Å². The van der Waals surface area contributed by atoms with E-state index in [9.17, 15) is 19.7 Å². The first-order valence-electron chi connectivity index (χ1n) is 8.41. The van der Waals surface area contributed by atoms with Crippen LogP contribution in [0, 0.1) is 10.1 Å². The number of carbonyl (C=O) groups is 2. The van der Waals surface area contributed by atoms with E-state index >= 15 is 0 Å². The van der Waals surface area contributed by atoms with Gasteiger partial charge in [-0.05, 0) is 17.2 Å². The summed E-state index contributed by atoms with van der Waals surface area (Å²) in [6, 6.07) is 10.5. The molecule has 3 rings (SSSR count). The Balaban J connectivity index is 1.75. The van der Waals surface area contributed by atoms with Crippen molar-refractivity contribution in [3.05, 3.63) is 68.7 Å². The van der Waals surface area contributed by atoms with Gasteiger partial charge in [-0.2, -0.15) is 0 Å². The van der Waals surface area contributed by atoms with Crippen LogP contribution in [-0.4, -0.2) is 41.5 Å². The number of benzene rings is 2. The number of halogens is 1. The topological polar surface area (TPSA) is 99.0 Å². The second kappa shape index (κ2) is 8.26. The van der Waals surface area contributed by atoms with Gasteiger partial charge in [0.15, 0.2) is 6.61 Å². The standard InChI is InChI=1S/C19H17ClN2O6/c1-27-19(24)16-8-12-4-2-3-5-13(12)10-21(16)18(23)11-28-17-7-6-14(22(25)26)9-15(17)20/h2-7,9,16H,8,10-11H2,1H3/t16-/m1/s1. The molecule has 146 valence electrons. The molecule has 0 aromatic heterocycles. The van der Waals surface area contributed by atoms with Crippen LogP contribution >= 0.6 is 11.6 Å². The fourth-order valence-corrected chi connectivity index (χ4v) is 3.30.